The monoisotopic (exact) mass is 295 g/mol. The smallest absolute Gasteiger partial charge is 0.306 e. The number of nitrogens with zero attached hydrogens (tertiary/aromatic N) is 1. The fraction of sp³-hybridized carbons (Fsp3) is 0.938. The fourth-order valence-electron chi connectivity index (χ4n) is 5.46. The Morgan fingerprint density at radius 2 is 2.14 bits per heavy atom. The van der Waals surface area contributed by atoms with Crippen molar-refractivity contribution in [2.45, 2.75) is 51.9 Å². The summed E-state index contributed by atoms with van der Waals surface area (Å²) in [5.74, 6) is 1.94. The summed E-state index contributed by atoms with van der Waals surface area (Å²) in [5, 5.41) is 11.2. The van der Waals surface area contributed by atoms with Crippen LogP contribution in [0.3, 0.4) is 0 Å². The number of hydrogen-bond acceptors (Lipinski definition) is 4. The summed E-state index contributed by atoms with van der Waals surface area (Å²) >= 11 is 0. The first kappa shape index (κ1) is 14.8. The number of unbranched alkanes of at least 4 members (excludes halogenated alkanes) is 1. The Balaban J connectivity index is 1.70. The lowest BCUT2D eigenvalue weighted by Gasteiger charge is -2.57. The quantitative estimate of drug-likeness (QED) is 0.313. The average molecular weight is 295 g/mol. The first-order valence-corrected chi connectivity index (χ1v) is 8.34. The zero-order valence-corrected chi connectivity index (χ0v) is 12.8. The van der Waals surface area contributed by atoms with Crippen LogP contribution in [0.4, 0.5) is 0 Å². The van der Waals surface area contributed by atoms with Crippen LogP contribution >= 0.6 is 0 Å². The highest BCUT2D eigenvalue weighted by Crippen LogP contribution is 2.70. The molecular weight excluding hydrogens is 270 g/mol. The highest BCUT2D eigenvalue weighted by molar-refractivity contribution is 5.70. The number of hydrogen-bond donors (Lipinski definition) is 0. The van der Waals surface area contributed by atoms with Gasteiger partial charge in [-0.3, -0.25) is 14.9 Å². The van der Waals surface area contributed by atoms with Crippen molar-refractivity contribution < 1.29 is 14.5 Å². The number of nitro groups is 1. The van der Waals surface area contributed by atoms with Crippen molar-refractivity contribution in [1.29, 1.82) is 0 Å². The SMILES string of the molecule is CCCCOC(=O)C[C@@]1(C[N+](=O)[O-])[C@@H]2C[C@@H]3CC[C@H]1[C@H]2C3. The van der Waals surface area contributed by atoms with E-state index < -0.39 is 5.41 Å². The van der Waals surface area contributed by atoms with Gasteiger partial charge in [-0.2, -0.15) is 0 Å². The zero-order valence-electron chi connectivity index (χ0n) is 12.8. The largest absolute Gasteiger partial charge is 0.466 e. The number of fused-ring (bicyclic) bond motifs is 1. The number of carbonyl (C=O) groups excluding carboxylic acids is 1. The van der Waals surface area contributed by atoms with Crippen molar-refractivity contribution in [2.24, 2.45) is 29.1 Å². The summed E-state index contributed by atoms with van der Waals surface area (Å²) in [6.45, 7) is 2.45. The van der Waals surface area contributed by atoms with Gasteiger partial charge in [-0.25, -0.2) is 0 Å². The minimum absolute atomic E-state index is 0.0472. The van der Waals surface area contributed by atoms with Gasteiger partial charge in [0.2, 0.25) is 6.54 Å². The van der Waals surface area contributed by atoms with E-state index in [0.29, 0.717) is 24.4 Å². The fourth-order valence-corrected chi connectivity index (χ4v) is 5.46. The molecule has 0 amide bonds. The second kappa shape index (κ2) is 5.58. The van der Waals surface area contributed by atoms with Crippen molar-refractivity contribution in [2.75, 3.05) is 13.2 Å². The first-order chi connectivity index (χ1) is 10.1. The van der Waals surface area contributed by atoms with Gasteiger partial charge < -0.3 is 4.74 Å². The van der Waals surface area contributed by atoms with Crippen LogP contribution in [-0.2, 0) is 9.53 Å². The van der Waals surface area contributed by atoms with Crippen LogP contribution in [-0.4, -0.2) is 24.0 Å². The van der Waals surface area contributed by atoms with Crippen molar-refractivity contribution in [1.82, 2.24) is 0 Å². The lowest BCUT2D eigenvalue weighted by Crippen LogP contribution is -2.59. The highest BCUT2D eigenvalue weighted by Gasteiger charge is 2.68. The van der Waals surface area contributed by atoms with Crippen molar-refractivity contribution in [3.05, 3.63) is 10.1 Å². The molecule has 0 radical (unpaired) electrons. The molecule has 3 aliphatic carbocycles. The van der Waals surface area contributed by atoms with E-state index in [1.807, 2.05) is 0 Å². The Bertz CT molecular complexity index is 430. The van der Waals surface area contributed by atoms with Crippen LogP contribution in [0, 0.1) is 39.2 Å². The van der Waals surface area contributed by atoms with Gasteiger partial charge in [0.05, 0.1) is 18.4 Å². The van der Waals surface area contributed by atoms with Gasteiger partial charge in [0.25, 0.3) is 0 Å². The van der Waals surface area contributed by atoms with E-state index in [1.165, 1.54) is 12.8 Å². The predicted octanol–water partition coefficient (Wildman–Crippen LogP) is 3.05. The first-order valence-electron chi connectivity index (χ1n) is 8.34. The third kappa shape index (κ3) is 2.44. The maximum Gasteiger partial charge on any atom is 0.306 e. The Morgan fingerprint density at radius 3 is 2.86 bits per heavy atom. The molecule has 5 nitrogen and oxygen atoms in total. The van der Waals surface area contributed by atoms with Gasteiger partial charge in [-0.15, -0.1) is 0 Å². The van der Waals surface area contributed by atoms with Gasteiger partial charge in [0.1, 0.15) is 0 Å². The van der Waals surface area contributed by atoms with Crippen molar-refractivity contribution in [3.63, 3.8) is 0 Å². The summed E-state index contributed by atoms with van der Waals surface area (Å²) in [7, 11) is 0. The molecule has 0 heterocycles. The van der Waals surface area contributed by atoms with Crippen LogP contribution in [0.15, 0.2) is 0 Å². The highest BCUT2D eigenvalue weighted by atomic mass is 16.6. The molecule has 0 aromatic heterocycles. The Hall–Kier alpha value is -1.13. The van der Waals surface area contributed by atoms with Crippen LogP contribution in [0.2, 0.25) is 0 Å². The molecule has 5 heteroatoms. The lowest BCUT2D eigenvalue weighted by molar-refractivity contribution is -0.511. The molecular formula is C16H25NO4. The number of rotatable bonds is 7. The van der Waals surface area contributed by atoms with Crippen LogP contribution in [0.5, 0.6) is 0 Å². The van der Waals surface area contributed by atoms with E-state index in [0.717, 1.165) is 31.6 Å². The zero-order chi connectivity index (χ0) is 15.0. The Morgan fingerprint density at radius 1 is 1.33 bits per heavy atom. The molecule has 0 spiro atoms. The van der Waals surface area contributed by atoms with E-state index in [-0.39, 0.29) is 23.9 Å². The van der Waals surface area contributed by atoms with E-state index >= 15 is 0 Å². The van der Waals surface area contributed by atoms with Gasteiger partial charge in [0.15, 0.2) is 0 Å². The molecule has 3 aliphatic rings. The molecule has 118 valence electrons. The van der Waals surface area contributed by atoms with Crippen LogP contribution in [0.25, 0.3) is 0 Å². The molecule has 21 heavy (non-hydrogen) atoms. The topological polar surface area (TPSA) is 69.4 Å². The van der Waals surface area contributed by atoms with Gasteiger partial charge >= 0.3 is 5.97 Å². The number of ether oxygens (including phenoxy) is 1. The summed E-state index contributed by atoms with van der Waals surface area (Å²) in [6, 6.07) is 0. The van der Waals surface area contributed by atoms with E-state index in [9.17, 15) is 14.9 Å². The molecule has 3 rings (SSSR count). The number of esters is 1. The molecule has 0 aromatic rings. The molecule has 2 bridgehead atoms. The summed E-state index contributed by atoms with van der Waals surface area (Å²) in [4.78, 5) is 23.1. The third-order valence-electron chi connectivity index (χ3n) is 6.25. The minimum atomic E-state index is -0.400. The van der Waals surface area contributed by atoms with Gasteiger partial charge in [-0.05, 0) is 49.4 Å². The number of carbonyl (C=O) groups is 1. The normalized spacial score (nSPS) is 39.7. The van der Waals surface area contributed by atoms with Gasteiger partial charge in [0, 0.05) is 4.92 Å². The molecule has 0 N–H and O–H groups in total. The maximum absolute atomic E-state index is 12.1. The van der Waals surface area contributed by atoms with E-state index in [2.05, 4.69) is 6.92 Å². The standard InChI is InChI=1S/C16H25NO4/c1-2-3-6-21-15(18)9-16(10-17(19)20)13-5-4-11-7-12(13)14(16)8-11/h11-14H,2-10H2,1H3/t11-,12-,13+,14-,16+/m1/s1. The molecule has 3 saturated carbocycles. The minimum Gasteiger partial charge on any atom is -0.466 e. The third-order valence-corrected chi connectivity index (χ3v) is 6.25. The van der Waals surface area contributed by atoms with E-state index in [4.69, 9.17) is 4.74 Å². The average Bonchev–Trinajstić information content (AvgIpc) is 2.62. The van der Waals surface area contributed by atoms with E-state index in [1.54, 1.807) is 0 Å². The summed E-state index contributed by atoms with van der Waals surface area (Å²) in [6.07, 6.45) is 6.71. The van der Waals surface area contributed by atoms with Gasteiger partial charge in [-0.1, -0.05) is 19.8 Å². The maximum atomic E-state index is 12.1. The lowest BCUT2D eigenvalue weighted by atomic mass is 9.45. The second-order valence-corrected chi connectivity index (χ2v) is 7.27. The molecule has 0 aromatic carbocycles. The summed E-state index contributed by atoms with van der Waals surface area (Å²) < 4.78 is 5.29. The summed E-state index contributed by atoms with van der Waals surface area (Å²) in [5.41, 5.74) is -0.400. The molecule has 0 saturated heterocycles. The Labute approximate surface area is 125 Å². The van der Waals surface area contributed by atoms with Crippen molar-refractivity contribution in [3.8, 4) is 0 Å². The molecule has 0 aliphatic heterocycles. The predicted molar refractivity (Wildman–Crippen MR) is 77.2 cm³/mol. The molecule has 5 atom stereocenters. The molecule has 3 fully saturated rings. The Kier molecular flexibility index (Phi) is 3.93. The second-order valence-electron chi connectivity index (χ2n) is 7.27. The van der Waals surface area contributed by atoms with Crippen LogP contribution < -0.4 is 0 Å². The van der Waals surface area contributed by atoms with Crippen molar-refractivity contribution >= 4 is 5.97 Å². The van der Waals surface area contributed by atoms with Crippen LogP contribution in [0.1, 0.15) is 51.9 Å². The molecule has 0 unspecified atom stereocenters.